The molecule has 1 aliphatic rings. The number of carbonyl (C=O) groups excluding carboxylic acids is 4. The van der Waals surface area contributed by atoms with E-state index in [9.17, 15) is 19.2 Å². The smallest absolute Gasteiger partial charge is 0.344 e. The maximum Gasteiger partial charge on any atom is 0.344 e. The molecule has 10 nitrogen and oxygen atoms in total. The minimum atomic E-state index is -0.727. The quantitative estimate of drug-likeness (QED) is 0.320. The second-order valence-corrected chi connectivity index (χ2v) is 6.67. The minimum absolute atomic E-state index is 0.0153. The van der Waals surface area contributed by atoms with Gasteiger partial charge < -0.3 is 24.3 Å². The van der Waals surface area contributed by atoms with Gasteiger partial charge in [-0.2, -0.15) is 0 Å². The van der Waals surface area contributed by atoms with E-state index in [0.29, 0.717) is 28.1 Å². The van der Waals surface area contributed by atoms with Crippen LogP contribution in [0.15, 0.2) is 22.3 Å². The summed E-state index contributed by atoms with van der Waals surface area (Å²) in [7, 11) is 1.16. The van der Waals surface area contributed by atoms with Gasteiger partial charge in [0.25, 0.3) is 5.91 Å². The molecule has 1 heterocycles. The zero-order valence-corrected chi connectivity index (χ0v) is 18.2. The molecule has 1 N–H and O–H groups in total. The van der Waals surface area contributed by atoms with Gasteiger partial charge in [0.15, 0.2) is 18.1 Å². The number of nitrogens with zero attached hydrogens (tertiary/aromatic N) is 1. The van der Waals surface area contributed by atoms with Gasteiger partial charge in [-0.25, -0.2) is 14.5 Å². The molecule has 1 aromatic carbocycles. The number of urea groups is 1. The highest BCUT2D eigenvalue weighted by molar-refractivity contribution is 9.10. The molecule has 0 bridgehead atoms. The Bertz CT molecular complexity index is 884. The van der Waals surface area contributed by atoms with E-state index in [1.165, 1.54) is 6.08 Å². The van der Waals surface area contributed by atoms with E-state index in [2.05, 4.69) is 26.0 Å². The van der Waals surface area contributed by atoms with Crippen molar-refractivity contribution in [3.63, 3.8) is 0 Å². The Hall–Kier alpha value is -3.08. The third-order valence-electron chi connectivity index (χ3n) is 3.76. The SMILES string of the molecule is CCOC(=O)COc1c(Br)cc(/C=C2/NC(=O)N(CC(=O)OC)C2=O)cc1OCC. The lowest BCUT2D eigenvalue weighted by Gasteiger charge is -2.14. The molecule has 0 radical (unpaired) electrons. The molecule has 11 heteroatoms. The van der Waals surface area contributed by atoms with Gasteiger partial charge in [-0.05, 0) is 53.5 Å². The molecule has 0 unspecified atom stereocenters. The van der Waals surface area contributed by atoms with Crippen LogP contribution >= 0.6 is 15.9 Å². The number of amides is 3. The number of halogens is 1. The summed E-state index contributed by atoms with van der Waals surface area (Å²) in [6.07, 6.45) is 1.43. The van der Waals surface area contributed by atoms with Crippen LogP contribution in [0.25, 0.3) is 6.08 Å². The van der Waals surface area contributed by atoms with Crippen molar-refractivity contribution in [3.8, 4) is 11.5 Å². The fourth-order valence-corrected chi connectivity index (χ4v) is 3.06. The molecule has 1 aromatic rings. The number of benzene rings is 1. The van der Waals surface area contributed by atoms with Crippen LogP contribution in [0.4, 0.5) is 4.79 Å². The summed E-state index contributed by atoms with van der Waals surface area (Å²) in [5, 5.41) is 2.41. The summed E-state index contributed by atoms with van der Waals surface area (Å²) in [6, 6.07) is 2.48. The molecule has 162 valence electrons. The third-order valence-corrected chi connectivity index (χ3v) is 4.35. The maximum atomic E-state index is 12.4. The van der Waals surface area contributed by atoms with E-state index in [1.54, 1.807) is 26.0 Å². The predicted octanol–water partition coefficient (Wildman–Crippen LogP) is 1.86. The Morgan fingerprint density at radius 2 is 1.87 bits per heavy atom. The normalized spacial score (nSPS) is 14.5. The van der Waals surface area contributed by atoms with Crippen molar-refractivity contribution in [3.05, 3.63) is 27.9 Å². The van der Waals surface area contributed by atoms with Gasteiger partial charge in [0, 0.05) is 0 Å². The highest BCUT2D eigenvalue weighted by Gasteiger charge is 2.35. The number of rotatable bonds is 9. The second kappa shape index (κ2) is 10.6. The molecule has 0 saturated carbocycles. The summed E-state index contributed by atoms with van der Waals surface area (Å²) in [4.78, 5) is 48.1. The molecule has 2 rings (SSSR count). The van der Waals surface area contributed by atoms with Crippen molar-refractivity contribution in [1.29, 1.82) is 0 Å². The molecule has 0 aliphatic carbocycles. The van der Waals surface area contributed by atoms with Crippen molar-refractivity contribution >= 4 is 45.9 Å². The van der Waals surface area contributed by atoms with Crippen molar-refractivity contribution in [2.24, 2.45) is 0 Å². The second-order valence-electron chi connectivity index (χ2n) is 5.81. The molecule has 30 heavy (non-hydrogen) atoms. The van der Waals surface area contributed by atoms with E-state index in [4.69, 9.17) is 14.2 Å². The van der Waals surface area contributed by atoms with Gasteiger partial charge in [-0.15, -0.1) is 0 Å². The first kappa shape index (κ1) is 23.2. The Morgan fingerprint density at radius 1 is 1.13 bits per heavy atom. The molecule has 1 fully saturated rings. The first-order valence-corrected chi connectivity index (χ1v) is 9.76. The fraction of sp³-hybridized carbons (Fsp3) is 0.368. The van der Waals surface area contributed by atoms with Crippen molar-refractivity contribution in [2.75, 3.05) is 33.5 Å². The monoisotopic (exact) mass is 484 g/mol. The molecule has 0 atom stereocenters. The first-order valence-electron chi connectivity index (χ1n) is 8.96. The maximum absolute atomic E-state index is 12.4. The van der Waals surface area contributed by atoms with E-state index in [1.807, 2.05) is 0 Å². The highest BCUT2D eigenvalue weighted by Crippen LogP contribution is 2.37. The number of nitrogens with one attached hydrogen (secondary N) is 1. The largest absolute Gasteiger partial charge is 0.490 e. The molecular formula is C19H21BrN2O8. The molecule has 1 aliphatic heterocycles. The van der Waals surface area contributed by atoms with Crippen molar-refractivity contribution < 1.29 is 38.1 Å². The standard InChI is InChI=1S/C19H21BrN2O8/c1-4-28-14-8-11(6-12(20)17(14)30-10-16(24)29-5-2)7-13-18(25)22(19(26)21-13)9-15(23)27-3/h6-8H,4-5,9-10H2,1-3H3,(H,21,26)/b13-7+. The van der Waals surface area contributed by atoms with Crippen LogP contribution in [0.3, 0.4) is 0 Å². The predicted molar refractivity (Wildman–Crippen MR) is 108 cm³/mol. The fourth-order valence-electron chi connectivity index (χ4n) is 2.48. The van der Waals surface area contributed by atoms with E-state index in [-0.39, 0.29) is 18.9 Å². The molecule has 3 amide bonds. The average molecular weight is 485 g/mol. The number of methoxy groups -OCH3 is 1. The average Bonchev–Trinajstić information content (AvgIpc) is 2.95. The summed E-state index contributed by atoms with van der Waals surface area (Å²) >= 11 is 3.36. The van der Waals surface area contributed by atoms with E-state index < -0.39 is 30.4 Å². The zero-order valence-electron chi connectivity index (χ0n) is 16.7. The van der Waals surface area contributed by atoms with Crippen LogP contribution in [0.5, 0.6) is 11.5 Å². The van der Waals surface area contributed by atoms with Crippen LogP contribution in [-0.2, 0) is 23.9 Å². The lowest BCUT2D eigenvalue weighted by atomic mass is 10.1. The molecule has 0 spiro atoms. The summed E-state index contributed by atoms with van der Waals surface area (Å²) in [6.45, 7) is 3.24. The van der Waals surface area contributed by atoms with Gasteiger partial charge >= 0.3 is 18.0 Å². The van der Waals surface area contributed by atoms with Crippen LogP contribution in [-0.4, -0.2) is 62.3 Å². The Balaban J connectivity index is 2.27. The van der Waals surface area contributed by atoms with Gasteiger partial charge in [0.05, 0.1) is 24.8 Å². The van der Waals surface area contributed by atoms with E-state index >= 15 is 0 Å². The Morgan fingerprint density at radius 3 is 2.50 bits per heavy atom. The topological polar surface area (TPSA) is 120 Å². The Labute approximate surface area is 181 Å². The molecule has 1 saturated heterocycles. The van der Waals surface area contributed by atoms with Gasteiger partial charge in [-0.3, -0.25) is 9.59 Å². The first-order chi connectivity index (χ1) is 14.3. The summed E-state index contributed by atoms with van der Waals surface area (Å²) in [5.74, 6) is -1.29. The molecular weight excluding hydrogens is 464 g/mol. The van der Waals surface area contributed by atoms with Crippen LogP contribution in [0.1, 0.15) is 19.4 Å². The Kier molecular flexibility index (Phi) is 8.22. The summed E-state index contributed by atoms with van der Waals surface area (Å²) < 4.78 is 20.9. The number of imide groups is 1. The third kappa shape index (κ3) is 5.72. The van der Waals surface area contributed by atoms with Gasteiger partial charge in [0.1, 0.15) is 12.2 Å². The highest BCUT2D eigenvalue weighted by atomic mass is 79.9. The lowest BCUT2D eigenvalue weighted by Crippen LogP contribution is -2.36. The zero-order chi connectivity index (χ0) is 22.3. The van der Waals surface area contributed by atoms with Crippen molar-refractivity contribution in [2.45, 2.75) is 13.8 Å². The minimum Gasteiger partial charge on any atom is -0.490 e. The number of hydrogen-bond acceptors (Lipinski definition) is 8. The number of carbonyl (C=O) groups is 4. The van der Waals surface area contributed by atoms with Gasteiger partial charge in [0.2, 0.25) is 0 Å². The van der Waals surface area contributed by atoms with Crippen LogP contribution in [0, 0.1) is 0 Å². The van der Waals surface area contributed by atoms with Gasteiger partial charge in [-0.1, -0.05) is 0 Å². The summed E-state index contributed by atoms with van der Waals surface area (Å²) in [5.41, 5.74) is 0.496. The number of hydrogen-bond donors (Lipinski definition) is 1. The van der Waals surface area contributed by atoms with E-state index in [0.717, 1.165) is 12.0 Å². The van der Waals surface area contributed by atoms with Crippen LogP contribution in [0.2, 0.25) is 0 Å². The van der Waals surface area contributed by atoms with Crippen molar-refractivity contribution in [1.82, 2.24) is 10.2 Å². The number of ether oxygens (including phenoxy) is 4. The van der Waals surface area contributed by atoms with Crippen LogP contribution < -0.4 is 14.8 Å². The lowest BCUT2D eigenvalue weighted by molar-refractivity contribution is -0.145. The number of esters is 2. The molecule has 0 aromatic heterocycles.